The Balaban J connectivity index is 1.92. The molecule has 114 valence electrons. The molecule has 5 nitrogen and oxygen atoms in total. The first kappa shape index (κ1) is 14.1. The predicted octanol–water partition coefficient (Wildman–Crippen LogP) is 2.11. The van der Waals surface area contributed by atoms with Crippen LogP contribution in [0.15, 0.2) is 12.1 Å². The molecule has 0 aliphatic carbocycles. The van der Waals surface area contributed by atoms with E-state index in [1.807, 2.05) is 4.57 Å². The van der Waals surface area contributed by atoms with Gasteiger partial charge in [-0.1, -0.05) is 6.92 Å². The Morgan fingerprint density at radius 2 is 2.29 bits per heavy atom. The summed E-state index contributed by atoms with van der Waals surface area (Å²) in [5.74, 6) is 0.811. The number of halogens is 1. The van der Waals surface area contributed by atoms with E-state index in [1.54, 1.807) is 6.07 Å². The minimum atomic E-state index is -0.410. The molecule has 1 aromatic carbocycles. The molecule has 0 amide bonds. The monoisotopic (exact) mass is 292 g/mol. The standard InChI is InChI=1S/C15H21FN4O/c1-3-19-5-4-10(8-19)9-20-13-7-14(21-2)11(16)6-12(13)18-15(20)17/h6-7,10H,3-5,8-9H2,1-2H3,(H2,17,18). The molecule has 2 aromatic rings. The molecule has 1 saturated heterocycles. The molecule has 21 heavy (non-hydrogen) atoms. The van der Waals surface area contributed by atoms with E-state index in [9.17, 15) is 4.39 Å². The third-order valence-corrected chi connectivity index (χ3v) is 4.31. The van der Waals surface area contributed by atoms with Crippen molar-refractivity contribution >= 4 is 17.0 Å². The lowest BCUT2D eigenvalue weighted by molar-refractivity contribution is 0.334. The molecule has 0 spiro atoms. The molecule has 1 fully saturated rings. The number of anilines is 1. The summed E-state index contributed by atoms with van der Waals surface area (Å²) in [6.07, 6.45) is 1.16. The maximum absolute atomic E-state index is 13.7. The SMILES string of the molecule is CCN1CCC(Cn2c(N)nc3cc(F)c(OC)cc32)C1. The fourth-order valence-corrected chi connectivity index (χ4v) is 3.10. The van der Waals surface area contributed by atoms with Crippen molar-refractivity contribution in [3.05, 3.63) is 17.9 Å². The molecular formula is C15H21FN4O. The number of hydrogen-bond donors (Lipinski definition) is 1. The van der Waals surface area contributed by atoms with Gasteiger partial charge in [0.05, 0.1) is 18.1 Å². The Kier molecular flexibility index (Phi) is 3.71. The van der Waals surface area contributed by atoms with Crippen LogP contribution < -0.4 is 10.5 Å². The van der Waals surface area contributed by atoms with Crippen molar-refractivity contribution in [1.29, 1.82) is 0 Å². The minimum Gasteiger partial charge on any atom is -0.494 e. The number of fused-ring (bicyclic) bond motifs is 1. The zero-order chi connectivity index (χ0) is 15.0. The molecule has 3 rings (SSSR count). The van der Waals surface area contributed by atoms with E-state index in [0.717, 1.165) is 38.1 Å². The quantitative estimate of drug-likeness (QED) is 0.937. The first-order chi connectivity index (χ1) is 10.1. The van der Waals surface area contributed by atoms with Gasteiger partial charge in [0.2, 0.25) is 5.95 Å². The number of likely N-dealkylation sites (tertiary alicyclic amines) is 1. The lowest BCUT2D eigenvalue weighted by atomic mass is 10.1. The number of hydrogen-bond acceptors (Lipinski definition) is 4. The predicted molar refractivity (Wildman–Crippen MR) is 80.9 cm³/mol. The van der Waals surface area contributed by atoms with E-state index in [4.69, 9.17) is 10.5 Å². The van der Waals surface area contributed by atoms with Crippen LogP contribution in [0.4, 0.5) is 10.3 Å². The summed E-state index contributed by atoms with van der Waals surface area (Å²) < 4.78 is 20.8. The van der Waals surface area contributed by atoms with Gasteiger partial charge in [-0.25, -0.2) is 9.37 Å². The minimum absolute atomic E-state index is 0.227. The Hall–Kier alpha value is -1.82. The highest BCUT2D eigenvalue weighted by Gasteiger charge is 2.23. The first-order valence-electron chi connectivity index (χ1n) is 7.34. The molecule has 0 saturated carbocycles. The third kappa shape index (κ3) is 2.55. The number of nitrogen functional groups attached to an aromatic ring is 1. The van der Waals surface area contributed by atoms with Crippen molar-refractivity contribution in [2.24, 2.45) is 5.92 Å². The number of rotatable bonds is 4. The van der Waals surface area contributed by atoms with Gasteiger partial charge in [0.1, 0.15) is 0 Å². The summed E-state index contributed by atoms with van der Waals surface area (Å²) in [5.41, 5.74) is 7.43. The molecule has 1 aliphatic heterocycles. The molecule has 0 bridgehead atoms. The largest absolute Gasteiger partial charge is 0.494 e. The molecule has 1 aromatic heterocycles. The highest BCUT2D eigenvalue weighted by molar-refractivity contribution is 5.80. The van der Waals surface area contributed by atoms with Gasteiger partial charge in [-0.3, -0.25) is 0 Å². The van der Waals surface area contributed by atoms with Crippen molar-refractivity contribution < 1.29 is 9.13 Å². The molecule has 6 heteroatoms. The molecule has 1 aliphatic rings. The lowest BCUT2D eigenvalue weighted by Gasteiger charge is -2.15. The normalized spacial score (nSPS) is 19.5. The molecule has 1 atom stereocenters. The van der Waals surface area contributed by atoms with Crippen molar-refractivity contribution in [1.82, 2.24) is 14.5 Å². The van der Waals surface area contributed by atoms with Crippen molar-refractivity contribution in [2.75, 3.05) is 32.5 Å². The van der Waals surface area contributed by atoms with Gasteiger partial charge >= 0.3 is 0 Å². The van der Waals surface area contributed by atoms with E-state index in [-0.39, 0.29) is 5.75 Å². The maximum Gasteiger partial charge on any atom is 0.201 e. The van der Waals surface area contributed by atoms with Crippen LogP contribution in [-0.2, 0) is 6.54 Å². The van der Waals surface area contributed by atoms with Crippen LogP contribution in [0.25, 0.3) is 11.0 Å². The summed E-state index contributed by atoms with van der Waals surface area (Å²) in [6.45, 7) is 6.28. The Labute approximate surface area is 123 Å². The topological polar surface area (TPSA) is 56.3 Å². The van der Waals surface area contributed by atoms with Crippen molar-refractivity contribution in [3.8, 4) is 5.75 Å². The van der Waals surface area contributed by atoms with Gasteiger partial charge < -0.3 is 19.9 Å². The second-order valence-electron chi connectivity index (χ2n) is 5.60. The lowest BCUT2D eigenvalue weighted by Crippen LogP contribution is -2.21. The molecule has 0 radical (unpaired) electrons. The van der Waals surface area contributed by atoms with Crippen molar-refractivity contribution in [3.63, 3.8) is 0 Å². The molecule has 2 heterocycles. The van der Waals surface area contributed by atoms with Crippen LogP contribution in [-0.4, -0.2) is 41.2 Å². The van der Waals surface area contributed by atoms with Crippen LogP contribution in [0.3, 0.4) is 0 Å². The second-order valence-corrected chi connectivity index (χ2v) is 5.60. The average molecular weight is 292 g/mol. The van der Waals surface area contributed by atoms with Crippen LogP contribution in [0.1, 0.15) is 13.3 Å². The molecular weight excluding hydrogens is 271 g/mol. The number of methoxy groups -OCH3 is 1. The van der Waals surface area contributed by atoms with Crippen LogP contribution in [0, 0.1) is 11.7 Å². The smallest absolute Gasteiger partial charge is 0.201 e. The molecule has 1 unspecified atom stereocenters. The first-order valence-corrected chi connectivity index (χ1v) is 7.34. The van der Waals surface area contributed by atoms with Gasteiger partial charge in [-0.2, -0.15) is 0 Å². The summed E-state index contributed by atoms with van der Waals surface area (Å²) >= 11 is 0. The third-order valence-electron chi connectivity index (χ3n) is 4.31. The summed E-state index contributed by atoms with van der Waals surface area (Å²) in [7, 11) is 1.46. The summed E-state index contributed by atoms with van der Waals surface area (Å²) in [4.78, 5) is 6.69. The van der Waals surface area contributed by atoms with E-state index in [2.05, 4.69) is 16.8 Å². The van der Waals surface area contributed by atoms with E-state index in [1.165, 1.54) is 13.2 Å². The van der Waals surface area contributed by atoms with Gasteiger partial charge in [-0.05, 0) is 25.4 Å². The van der Waals surface area contributed by atoms with Crippen LogP contribution in [0.2, 0.25) is 0 Å². The molecule has 2 N–H and O–H groups in total. The number of nitrogens with zero attached hydrogens (tertiary/aromatic N) is 3. The maximum atomic E-state index is 13.7. The second kappa shape index (κ2) is 5.52. The number of aromatic nitrogens is 2. The average Bonchev–Trinajstić information content (AvgIpc) is 3.04. The number of imidazole rings is 1. The van der Waals surface area contributed by atoms with Crippen molar-refractivity contribution in [2.45, 2.75) is 19.9 Å². The van der Waals surface area contributed by atoms with E-state index >= 15 is 0 Å². The summed E-state index contributed by atoms with van der Waals surface area (Å²) in [6, 6.07) is 3.06. The Morgan fingerprint density at radius 1 is 1.48 bits per heavy atom. The Bertz CT molecular complexity index is 655. The van der Waals surface area contributed by atoms with Crippen LogP contribution >= 0.6 is 0 Å². The fraction of sp³-hybridized carbons (Fsp3) is 0.533. The number of benzene rings is 1. The van der Waals surface area contributed by atoms with Gasteiger partial charge in [-0.15, -0.1) is 0 Å². The zero-order valence-electron chi connectivity index (χ0n) is 12.5. The van der Waals surface area contributed by atoms with Gasteiger partial charge in [0.15, 0.2) is 11.6 Å². The fourth-order valence-electron chi connectivity index (χ4n) is 3.10. The van der Waals surface area contributed by atoms with Gasteiger partial charge in [0.25, 0.3) is 0 Å². The van der Waals surface area contributed by atoms with Gasteiger partial charge in [0, 0.05) is 25.2 Å². The van der Waals surface area contributed by atoms with Crippen LogP contribution in [0.5, 0.6) is 5.75 Å². The number of ether oxygens (including phenoxy) is 1. The summed E-state index contributed by atoms with van der Waals surface area (Å²) in [5, 5.41) is 0. The van der Waals surface area contributed by atoms with E-state index in [0.29, 0.717) is 17.4 Å². The van der Waals surface area contributed by atoms with E-state index < -0.39 is 5.82 Å². The zero-order valence-corrected chi connectivity index (χ0v) is 12.5. The highest BCUT2D eigenvalue weighted by atomic mass is 19.1. The number of nitrogens with two attached hydrogens (primary N) is 1. The Morgan fingerprint density at radius 3 is 2.95 bits per heavy atom. The highest BCUT2D eigenvalue weighted by Crippen LogP contribution is 2.28.